The zero-order chi connectivity index (χ0) is 27.5. The van der Waals surface area contributed by atoms with Gasteiger partial charge in [0.25, 0.3) is 0 Å². The maximum absolute atomic E-state index is 13.6. The number of hydrogen-bond donors (Lipinski definition) is 5. The van der Waals surface area contributed by atoms with E-state index in [9.17, 15) is 34.8 Å². The molecule has 5 rings (SSSR count). The lowest BCUT2D eigenvalue weighted by Crippen LogP contribution is -2.51. The molecule has 1 saturated heterocycles. The third-order valence-electron chi connectivity index (χ3n) is 7.31. The summed E-state index contributed by atoms with van der Waals surface area (Å²) >= 11 is 0. The molecular weight excluding hydrogens is 498 g/mol. The number of carbonyl (C=O) groups is 3. The highest BCUT2D eigenvalue weighted by Gasteiger charge is 2.43. The van der Waals surface area contributed by atoms with Crippen molar-refractivity contribution in [2.45, 2.75) is 50.4 Å². The predicted octanol–water partition coefficient (Wildman–Crippen LogP) is 1.11. The lowest BCUT2D eigenvalue weighted by Gasteiger charge is -2.38. The van der Waals surface area contributed by atoms with Gasteiger partial charge in [0.05, 0.1) is 42.1 Å². The average Bonchev–Trinajstić information content (AvgIpc) is 2.90. The van der Waals surface area contributed by atoms with E-state index in [1.165, 1.54) is 31.4 Å². The third kappa shape index (κ3) is 3.91. The van der Waals surface area contributed by atoms with Gasteiger partial charge < -0.3 is 40.4 Å². The number of phenolic OH excluding ortho intramolecular Hbond substituents is 2. The van der Waals surface area contributed by atoms with Crippen LogP contribution in [0.5, 0.6) is 17.2 Å². The average molecular weight is 526 g/mol. The summed E-state index contributed by atoms with van der Waals surface area (Å²) in [7, 11) is 1.34. The second-order valence-electron chi connectivity index (χ2n) is 9.56. The van der Waals surface area contributed by atoms with Gasteiger partial charge in [0.2, 0.25) is 5.78 Å². The molecule has 200 valence electrons. The van der Waals surface area contributed by atoms with Gasteiger partial charge in [-0.1, -0.05) is 12.1 Å². The van der Waals surface area contributed by atoms with Gasteiger partial charge in [-0.3, -0.25) is 14.4 Å². The molecule has 0 aromatic heterocycles. The van der Waals surface area contributed by atoms with Crippen LogP contribution in [-0.4, -0.2) is 76.0 Å². The fourth-order valence-corrected chi connectivity index (χ4v) is 5.36. The number of aromatic hydroxyl groups is 2. The van der Waals surface area contributed by atoms with E-state index in [0.29, 0.717) is 0 Å². The number of methoxy groups -OCH3 is 1. The Bertz CT molecular complexity index is 1380. The van der Waals surface area contributed by atoms with Crippen molar-refractivity contribution in [2.24, 2.45) is 5.73 Å². The molecule has 0 radical (unpaired) electrons. The van der Waals surface area contributed by atoms with Crippen molar-refractivity contribution in [3.8, 4) is 17.2 Å². The number of aliphatic hydroxyl groups is 2. The molecule has 2 aromatic carbocycles. The summed E-state index contributed by atoms with van der Waals surface area (Å²) in [6, 6.07) is 3.77. The monoisotopic (exact) mass is 525 g/mol. The van der Waals surface area contributed by atoms with Crippen LogP contribution < -0.4 is 10.5 Å². The number of ketones is 3. The lowest BCUT2D eigenvalue weighted by molar-refractivity contribution is -0.240. The van der Waals surface area contributed by atoms with E-state index in [1.54, 1.807) is 6.92 Å². The van der Waals surface area contributed by atoms with E-state index in [-0.39, 0.29) is 46.4 Å². The van der Waals surface area contributed by atoms with Crippen LogP contribution in [-0.2, 0) is 14.3 Å². The molecule has 1 heterocycles. The molecule has 5 atom stereocenters. The first-order valence-electron chi connectivity index (χ1n) is 12.1. The third-order valence-corrected chi connectivity index (χ3v) is 7.31. The van der Waals surface area contributed by atoms with Crippen molar-refractivity contribution in [1.29, 1.82) is 0 Å². The fourth-order valence-electron chi connectivity index (χ4n) is 5.36. The van der Waals surface area contributed by atoms with Gasteiger partial charge in [0.15, 0.2) is 17.9 Å². The molecule has 6 N–H and O–H groups in total. The Morgan fingerprint density at radius 3 is 2.50 bits per heavy atom. The van der Waals surface area contributed by atoms with Crippen LogP contribution in [0, 0.1) is 0 Å². The van der Waals surface area contributed by atoms with Crippen molar-refractivity contribution >= 4 is 23.4 Å². The summed E-state index contributed by atoms with van der Waals surface area (Å²) in [5.74, 6) is -3.16. The number of hydrogen-bond acceptors (Lipinski definition) is 11. The van der Waals surface area contributed by atoms with Crippen LogP contribution >= 0.6 is 0 Å². The minimum Gasteiger partial charge on any atom is -0.507 e. The van der Waals surface area contributed by atoms with E-state index < -0.39 is 77.2 Å². The van der Waals surface area contributed by atoms with Crippen LogP contribution in [0.3, 0.4) is 0 Å². The molecule has 0 bridgehead atoms. The van der Waals surface area contributed by atoms with E-state index in [1.807, 2.05) is 0 Å². The molecule has 0 spiro atoms. The second kappa shape index (κ2) is 9.61. The molecule has 3 aliphatic rings. The Morgan fingerprint density at radius 2 is 1.84 bits per heavy atom. The normalized spacial score (nSPS) is 26.2. The first kappa shape index (κ1) is 26.0. The zero-order valence-corrected chi connectivity index (χ0v) is 20.6. The Labute approximate surface area is 217 Å². The largest absolute Gasteiger partial charge is 0.507 e. The second-order valence-corrected chi connectivity index (χ2v) is 9.56. The van der Waals surface area contributed by atoms with Crippen molar-refractivity contribution in [3.05, 3.63) is 57.2 Å². The van der Waals surface area contributed by atoms with Crippen LogP contribution in [0.2, 0.25) is 0 Å². The van der Waals surface area contributed by atoms with E-state index in [0.717, 1.165) is 0 Å². The van der Waals surface area contributed by atoms with Gasteiger partial charge in [0, 0.05) is 41.1 Å². The molecule has 1 fully saturated rings. The maximum Gasteiger partial charge on any atom is 0.202 e. The maximum atomic E-state index is 13.6. The Morgan fingerprint density at radius 1 is 1.13 bits per heavy atom. The van der Waals surface area contributed by atoms with Crippen molar-refractivity contribution < 1.29 is 49.0 Å². The topological polar surface area (TPSA) is 186 Å². The summed E-state index contributed by atoms with van der Waals surface area (Å²) in [5.41, 5.74) is 5.10. The van der Waals surface area contributed by atoms with Crippen LogP contribution in [0.15, 0.2) is 23.8 Å². The van der Waals surface area contributed by atoms with Gasteiger partial charge in [-0.05, 0) is 19.1 Å². The molecular formula is C27H27NO10. The molecule has 2 aromatic rings. The van der Waals surface area contributed by atoms with Crippen LogP contribution in [0.1, 0.15) is 68.8 Å². The van der Waals surface area contributed by atoms with Crippen LogP contribution in [0.4, 0.5) is 0 Å². The van der Waals surface area contributed by atoms with E-state index >= 15 is 0 Å². The number of fused-ring (bicyclic) bond motifs is 3. The number of nitrogens with two attached hydrogens (primary N) is 1. The number of ether oxygens (including phenoxy) is 3. The number of phenols is 2. The van der Waals surface area contributed by atoms with Gasteiger partial charge in [-0.2, -0.15) is 0 Å². The number of rotatable bonds is 5. The molecule has 11 nitrogen and oxygen atoms in total. The highest BCUT2D eigenvalue weighted by molar-refractivity contribution is 6.31. The van der Waals surface area contributed by atoms with E-state index in [4.69, 9.17) is 19.9 Å². The number of benzene rings is 2. The van der Waals surface area contributed by atoms with Crippen molar-refractivity contribution in [2.75, 3.05) is 13.7 Å². The molecule has 0 saturated carbocycles. The minimum absolute atomic E-state index is 0.00659. The molecule has 2 aliphatic carbocycles. The smallest absolute Gasteiger partial charge is 0.202 e. The Hall–Kier alpha value is -3.61. The molecule has 0 amide bonds. The van der Waals surface area contributed by atoms with Gasteiger partial charge in [-0.25, -0.2) is 0 Å². The highest BCUT2D eigenvalue weighted by Crippen LogP contribution is 2.51. The standard InChI is InChI=1S/C27H27NO10/c1-10-23(31)14(28)8-18(37-10)38-17-7-11(15(30)9-29)6-13-20(17)27(35)22-21(25(13)33)24(32)12-4-3-5-16(36-2)19(12)26(22)34/h3-6,10,14,17-18,23,29,31,33,35H,7-9,28H2,1-2H3/t10?,14?,17-,18?,23?/m1/s1. The first-order chi connectivity index (χ1) is 18.1. The first-order valence-corrected chi connectivity index (χ1v) is 12.1. The molecule has 1 aliphatic heterocycles. The minimum atomic E-state index is -1.13. The number of carbonyl (C=O) groups excluding carboxylic acids is 3. The van der Waals surface area contributed by atoms with Crippen molar-refractivity contribution in [3.63, 3.8) is 0 Å². The number of Topliss-reactive ketones (excluding diaryl/α,β-unsaturated/α-hetero) is 1. The van der Waals surface area contributed by atoms with Crippen LogP contribution in [0.25, 0.3) is 6.08 Å². The molecule has 38 heavy (non-hydrogen) atoms. The van der Waals surface area contributed by atoms with Crippen molar-refractivity contribution in [1.82, 2.24) is 0 Å². The summed E-state index contributed by atoms with van der Waals surface area (Å²) in [4.78, 5) is 39.5. The number of aliphatic hydroxyl groups excluding tert-OH is 2. The summed E-state index contributed by atoms with van der Waals surface area (Å²) in [6.45, 7) is 0.800. The quantitative estimate of drug-likeness (QED) is 0.300. The lowest BCUT2D eigenvalue weighted by atomic mass is 9.77. The summed E-state index contributed by atoms with van der Waals surface area (Å²) < 4.78 is 17.1. The summed E-state index contributed by atoms with van der Waals surface area (Å²) in [5, 5.41) is 42.3. The Balaban J connectivity index is 1.68. The van der Waals surface area contributed by atoms with Gasteiger partial charge >= 0.3 is 0 Å². The highest BCUT2D eigenvalue weighted by atomic mass is 16.7. The zero-order valence-electron chi connectivity index (χ0n) is 20.6. The Kier molecular flexibility index (Phi) is 6.58. The van der Waals surface area contributed by atoms with Gasteiger partial charge in [-0.15, -0.1) is 0 Å². The van der Waals surface area contributed by atoms with Gasteiger partial charge in [0.1, 0.15) is 23.9 Å². The molecule has 4 unspecified atom stereocenters. The fraction of sp³-hybridized carbons (Fsp3) is 0.370. The molecule has 11 heteroatoms. The van der Waals surface area contributed by atoms with E-state index in [2.05, 4.69) is 0 Å². The summed E-state index contributed by atoms with van der Waals surface area (Å²) in [6.07, 6.45) is -2.46. The SMILES string of the molecule is COc1cccc2c1C(=O)c1c(O)c3c(c(O)c1C2=O)C=C(C(=O)CO)C[C@H]3OC1CC(N)C(O)C(C)O1. The predicted molar refractivity (Wildman–Crippen MR) is 131 cm³/mol.